The van der Waals surface area contributed by atoms with E-state index in [0.29, 0.717) is 12.2 Å². The van der Waals surface area contributed by atoms with Gasteiger partial charge in [-0.15, -0.1) is 0 Å². The van der Waals surface area contributed by atoms with E-state index in [2.05, 4.69) is 10.3 Å². The summed E-state index contributed by atoms with van der Waals surface area (Å²) in [5.41, 5.74) is 3.15. The molecule has 0 bridgehead atoms. The largest absolute Gasteiger partial charge is 0.460 e. The fourth-order valence-electron chi connectivity index (χ4n) is 2.46. The third kappa shape index (κ3) is 2.54. The molecule has 0 aromatic carbocycles. The van der Waals surface area contributed by atoms with Gasteiger partial charge in [0.2, 0.25) is 0 Å². The van der Waals surface area contributed by atoms with Crippen molar-refractivity contribution in [1.82, 2.24) is 14.9 Å². The van der Waals surface area contributed by atoms with Gasteiger partial charge in [-0.05, 0) is 26.0 Å². The monoisotopic (exact) mass is 283 g/mol. The van der Waals surface area contributed by atoms with Crippen molar-refractivity contribution in [3.05, 3.63) is 53.7 Å². The molecule has 3 aromatic rings. The highest BCUT2D eigenvalue weighted by Crippen LogP contribution is 2.23. The Kier molecular flexibility index (Phi) is 3.48. The molecule has 0 aliphatic carbocycles. The highest BCUT2D eigenvalue weighted by molar-refractivity contribution is 5.97. The minimum atomic E-state index is -0.119. The zero-order chi connectivity index (χ0) is 14.8. The van der Waals surface area contributed by atoms with Crippen molar-refractivity contribution in [2.45, 2.75) is 26.9 Å². The number of carbonyl (C=O) groups is 1. The molecule has 0 saturated heterocycles. The number of hydrogen-bond acceptors (Lipinski definition) is 3. The average Bonchev–Trinajstić information content (AvgIpc) is 3.01. The number of pyridine rings is 1. The predicted octanol–water partition coefficient (Wildman–Crippen LogP) is 2.89. The molecule has 3 rings (SSSR count). The second kappa shape index (κ2) is 5.44. The first-order chi connectivity index (χ1) is 10.2. The molecule has 0 spiro atoms. The number of amides is 1. The molecule has 5 nitrogen and oxygen atoms in total. The lowest BCUT2D eigenvalue weighted by Gasteiger charge is -2.08. The van der Waals surface area contributed by atoms with Crippen molar-refractivity contribution in [3.8, 4) is 0 Å². The summed E-state index contributed by atoms with van der Waals surface area (Å²) in [6, 6.07) is 9.38. The third-order valence-electron chi connectivity index (χ3n) is 3.42. The number of nitrogens with one attached hydrogen (secondary N) is 1. The van der Waals surface area contributed by atoms with Gasteiger partial charge in [0.15, 0.2) is 5.58 Å². The number of rotatable bonds is 4. The van der Waals surface area contributed by atoms with Gasteiger partial charge in [0.25, 0.3) is 5.91 Å². The van der Waals surface area contributed by atoms with E-state index < -0.39 is 0 Å². The number of aryl methyl sites for hydroxylation is 2. The summed E-state index contributed by atoms with van der Waals surface area (Å²) in [5, 5.41) is 2.89. The van der Waals surface area contributed by atoms with Crippen LogP contribution in [-0.2, 0) is 13.1 Å². The molecule has 3 heterocycles. The summed E-state index contributed by atoms with van der Waals surface area (Å²) in [7, 11) is 0. The molecule has 0 radical (unpaired) electrons. The van der Waals surface area contributed by atoms with Crippen LogP contribution < -0.4 is 5.32 Å². The van der Waals surface area contributed by atoms with Crippen molar-refractivity contribution >= 4 is 17.0 Å². The van der Waals surface area contributed by atoms with E-state index in [1.165, 1.54) is 0 Å². The van der Waals surface area contributed by atoms with Crippen LogP contribution in [0.3, 0.4) is 0 Å². The van der Waals surface area contributed by atoms with Crippen LogP contribution >= 0.6 is 0 Å². The lowest BCUT2D eigenvalue weighted by Crippen LogP contribution is -2.25. The van der Waals surface area contributed by atoms with Gasteiger partial charge in [0.05, 0.1) is 17.8 Å². The van der Waals surface area contributed by atoms with Crippen LogP contribution in [0.25, 0.3) is 11.1 Å². The molecule has 108 valence electrons. The third-order valence-corrected chi connectivity index (χ3v) is 3.42. The summed E-state index contributed by atoms with van der Waals surface area (Å²) in [6.07, 6.45) is 1.71. The fourth-order valence-corrected chi connectivity index (χ4v) is 2.46. The molecule has 5 heteroatoms. The van der Waals surface area contributed by atoms with E-state index >= 15 is 0 Å². The number of fused-ring (bicyclic) bond motifs is 1. The Hall–Kier alpha value is -2.56. The van der Waals surface area contributed by atoms with Crippen molar-refractivity contribution in [3.63, 3.8) is 0 Å². The molecule has 3 aromatic heterocycles. The second-order valence-electron chi connectivity index (χ2n) is 4.88. The van der Waals surface area contributed by atoms with Gasteiger partial charge in [-0.1, -0.05) is 6.07 Å². The number of carbonyl (C=O) groups excluding carboxylic acids is 1. The van der Waals surface area contributed by atoms with Gasteiger partial charge in [0.1, 0.15) is 11.5 Å². The highest BCUT2D eigenvalue weighted by atomic mass is 16.3. The maximum absolute atomic E-state index is 12.3. The first-order valence-corrected chi connectivity index (χ1v) is 6.97. The van der Waals surface area contributed by atoms with Crippen molar-refractivity contribution in [2.24, 2.45) is 0 Å². The summed E-state index contributed by atoms with van der Waals surface area (Å²) in [5.74, 6) is 0.731. The van der Waals surface area contributed by atoms with Gasteiger partial charge >= 0.3 is 0 Å². The maximum Gasteiger partial charge on any atom is 0.268 e. The average molecular weight is 283 g/mol. The van der Waals surface area contributed by atoms with E-state index in [4.69, 9.17) is 4.42 Å². The zero-order valence-electron chi connectivity index (χ0n) is 12.1. The number of furan rings is 1. The molecule has 0 atom stereocenters. The molecule has 1 amide bonds. The number of nitrogens with zero attached hydrogens (tertiary/aromatic N) is 2. The minimum absolute atomic E-state index is 0.119. The van der Waals surface area contributed by atoms with Crippen LogP contribution in [0.1, 0.15) is 28.9 Å². The van der Waals surface area contributed by atoms with E-state index in [1.807, 2.05) is 42.7 Å². The minimum Gasteiger partial charge on any atom is -0.460 e. The quantitative estimate of drug-likeness (QED) is 0.801. The van der Waals surface area contributed by atoms with Gasteiger partial charge in [-0.25, -0.2) is 0 Å². The van der Waals surface area contributed by atoms with Gasteiger partial charge < -0.3 is 14.3 Å². The number of aromatic nitrogens is 2. The summed E-state index contributed by atoms with van der Waals surface area (Å²) in [6.45, 7) is 5.04. The Morgan fingerprint density at radius 3 is 2.95 bits per heavy atom. The Bertz CT molecular complexity index is 772. The molecule has 0 aliphatic rings. The first kappa shape index (κ1) is 13.4. The summed E-state index contributed by atoms with van der Waals surface area (Å²) < 4.78 is 7.55. The smallest absolute Gasteiger partial charge is 0.268 e. The lowest BCUT2D eigenvalue weighted by atomic mass is 10.3. The van der Waals surface area contributed by atoms with Crippen molar-refractivity contribution in [1.29, 1.82) is 0 Å². The molecule has 1 N–H and O–H groups in total. The van der Waals surface area contributed by atoms with E-state index in [9.17, 15) is 4.79 Å². The highest BCUT2D eigenvalue weighted by Gasteiger charge is 2.17. The normalized spacial score (nSPS) is 11.0. The van der Waals surface area contributed by atoms with Gasteiger partial charge in [-0.3, -0.25) is 9.78 Å². The molecular formula is C16H17N3O2. The maximum atomic E-state index is 12.3. The Morgan fingerprint density at radius 2 is 2.24 bits per heavy atom. The molecule has 0 unspecified atom stereocenters. The summed E-state index contributed by atoms with van der Waals surface area (Å²) in [4.78, 5) is 16.5. The standard InChI is InChI=1S/C16H17N3O2/c1-3-19-13-8-11(2)21-15(13)9-14(19)16(20)18-10-12-6-4-5-7-17-12/h4-9H,3,10H2,1-2H3,(H,18,20). The van der Waals surface area contributed by atoms with Crippen LogP contribution in [0, 0.1) is 6.92 Å². The van der Waals surface area contributed by atoms with E-state index in [0.717, 1.165) is 29.1 Å². The molecule has 0 aliphatic heterocycles. The molecule has 0 saturated carbocycles. The van der Waals surface area contributed by atoms with Crippen LogP contribution in [0.5, 0.6) is 0 Å². The zero-order valence-corrected chi connectivity index (χ0v) is 12.1. The fraction of sp³-hybridized carbons (Fsp3) is 0.250. The topological polar surface area (TPSA) is 60.1 Å². The van der Waals surface area contributed by atoms with Crippen LogP contribution in [0.4, 0.5) is 0 Å². The van der Waals surface area contributed by atoms with Crippen molar-refractivity contribution < 1.29 is 9.21 Å². The lowest BCUT2D eigenvalue weighted by molar-refractivity contribution is 0.0941. The molecule has 0 fully saturated rings. The van der Waals surface area contributed by atoms with E-state index in [-0.39, 0.29) is 5.91 Å². The SMILES string of the molecule is CCn1c(C(=O)NCc2ccccn2)cc2oc(C)cc21. The Labute approximate surface area is 122 Å². The Balaban J connectivity index is 1.82. The predicted molar refractivity (Wildman–Crippen MR) is 80.0 cm³/mol. The van der Waals surface area contributed by atoms with Gasteiger partial charge in [-0.2, -0.15) is 0 Å². The van der Waals surface area contributed by atoms with Crippen molar-refractivity contribution in [2.75, 3.05) is 0 Å². The molecular weight excluding hydrogens is 266 g/mol. The first-order valence-electron chi connectivity index (χ1n) is 6.97. The summed E-state index contributed by atoms with van der Waals surface area (Å²) >= 11 is 0. The second-order valence-corrected chi connectivity index (χ2v) is 4.88. The van der Waals surface area contributed by atoms with Crippen LogP contribution in [0.15, 0.2) is 40.9 Å². The van der Waals surface area contributed by atoms with Crippen LogP contribution in [-0.4, -0.2) is 15.5 Å². The Morgan fingerprint density at radius 1 is 1.38 bits per heavy atom. The van der Waals surface area contributed by atoms with Crippen LogP contribution in [0.2, 0.25) is 0 Å². The molecule has 21 heavy (non-hydrogen) atoms. The van der Waals surface area contributed by atoms with E-state index in [1.54, 1.807) is 12.3 Å². The number of hydrogen-bond donors (Lipinski definition) is 1. The van der Waals surface area contributed by atoms with Gasteiger partial charge in [0, 0.05) is 24.9 Å².